The van der Waals surface area contributed by atoms with Crippen LogP contribution in [0.15, 0.2) is 47.4 Å². The van der Waals surface area contributed by atoms with E-state index in [4.69, 9.17) is 9.47 Å². The van der Waals surface area contributed by atoms with Crippen molar-refractivity contribution in [1.29, 1.82) is 0 Å². The largest absolute Gasteiger partial charge is 0.493 e. The lowest BCUT2D eigenvalue weighted by molar-refractivity contribution is -0.116. The summed E-state index contributed by atoms with van der Waals surface area (Å²) in [5.41, 5.74) is 1.80. The number of methoxy groups -OCH3 is 2. The maximum atomic E-state index is 12.5. The van der Waals surface area contributed by atoms with E-state index in [9.17, 15) is 13.2 Å². The van der Waals surface area contributed by atoms with Crippen LogP contribution in [-0.4, -0.2) is 53.1 Å². The summed E-state index contributed by atoms with van der Waals surface area (Å²) in [6, 6.07) is 12.0. The third-order valence-electron chi connectivity index (χ3n) is 4.82. The summed E-state index contributed by atoms with van der Waals surface area (Å²) in [6.07, 6.45) is 0.00674. The highest BCUT2D eigenvalue weighted by Crippen LogP contribution is 2.29. The number of carbonyl (C=O) groups excluding carboxylic acids is 1. The molecular weight excluding hydrogens is 418 g/mol. The molecule has 2 aromatic rings. The lowest BCUT2D eigenvalue weighted by Gasteiger charge is -2.18. The summed E-state index contributed by atoms with van der Waals surface area (Å²) in [7, 11) is -0.876. The first-order chi connectivity index (χ1) is 14.8. The highest BCUT2D eigenvalue weighted by molar-refractivity contribution is 7.89. The molecule has 0 heterocycles. The van der Waals surface area contributed by atoms with E-state index in [1.165, 1.54) is 32.4 Å². The maximum absolute atomic E-state index is 12.5. The molecule has 0 aliphatic heterocycles. The fourth-order valence-corrected chi connectivity index (χ4v) is 4.09. The molecule has 8 nitrogen and oxygen atoms in total. The molecule has 0 bridgehead atoms. The minimum absolute atomic E-state index is 0.00674. The molecule has 2 rings (SSSR count). The predicted octanol–water partition coefficient (Wildman–Crippen LogP) is 2.85. The number of nitrogens with one attached hydrogen (secondary N) is 2. The number of ether oxygens (including phenoxy) is 2. The number of anilines is 1. The molecule has 9 heteroatoms. The van der Waals surface area contributed by atoms with Gasteiger partial charge < -0.3 is 14.8 Å². The monoisotopic (exact) mass is 449 g/mol. The molecule has 31 heavy (non-hydrogen) atoms. The Bertz CT molecular complexity index is 975. The van der Waals surface area contributed by atoms with Crippen molar-refractivity contribution in [2.24, 2.45) is 0 Å². The zero-order valence-corrected chi connectivity index (χ0v) is 19.3. The van der Waals surface area contributed by atoms with Crippen LogP contribution in [0, 0.1) is 0 Å². The van der Waals surface area contributed by atoms with Gasteiger partial charge in [0, 0.05) is 31.3 Å². The Labute approximate surface area is 184 Å². The van der Waals surface area contributed by atoms with Gasteiger partial charge in [-0.2, -0.15) is 0 Å². The van der Waals surface area contributed by atoms with E-state index in [1.54, 1.807) is 0 Å². The summed E-state index contributed by atoms with van der Waals surface area (Å²) in [4.78, 5) is 14.6. The van der Waals surface area contributed by atoms with Gasteiger partial charge in [0.05, 0.1) is 19.1 Å². The number of carbonyl (C=O) groups is 1. The smallest absolute Gasteiger partial charge is 0.240 e. The Morgan fingerprint density at radius 1 is 1.00 bits per heavy atom. The topological polar surface area (TPSA) is 97.0 Å². The summed E-state index contributed by atoms with van der Waals surface area (Å²) < 4.78 is 37.7. The standard InChI is InChI=1S/C22H31N3O5S/c1-5-25(6-2)16-17-8-7-9-18(14-17)24-22(26)12-13-23-31(27,28)19-10-11-20(29-3)21(15-19)30-4/h7-11,14-15,23H,5-6,12-13,16H2,1-4H3,(H,24,26). The van der Waals surface area contributed by atoms with Gasteiger partial charge in [0.1, 0.15) is 0 Å². The first kappa shape index (κ1) is 24.6. The molecule has 0 atom stereocenters. The van der Waals surface area contributed by atoms with Crippen LogP contribution in [0.1, 0.15) is 25.8 Å². The number of benzene rings is 2. The van der Waals surface area contributed by atoms with E-state index in [0.29, 0.717) is 17.2 Å². The first-order valence-corrected chi connectivity index (χ1v) is 11.6. The van der Waals surface area contributed by atoms with E-state index >= 15 is 0 Å². The minimum atomic E-state index is -3.78. The van der Waals surface area contributed by atoms with Crippen LogP contribution in [0.3, 0.4) is 0 Å². The molecule has 0 saturated carbocycles. The van der Waals surface area contributed by atoms with Crippen LogP contribution in [0.4, 0.5) is 5.69 Å². The summed E-state index contributed by atoms with van der Waals surface area (Å²) in [6.45, 7) is 6.90. The number of amides is 1. The third kappa shape index (κ3) is 7.23. The van der Waals surface area contributed by atoms with Gasteiger partial charge in [-0.3, -0.25) is 9.69 Å². The van der Waals surface area contributed by atoms with Crippen molar-refractivity contribution in [2.75, 3.05) is 39.2 Å². The second-order valence-electron chi connectivity index (χ2n) is 6.87. The second kappa shape index (κ2) is 11.7. The molecule has 0 aliphatic carbocycles. The van der Waals surface area contributed by atoms with Crippen molar-refractivity contribution in [3.05, 3.63) is 48.0 Å². The van der Waals surface area contributed by atoms with E-state index in [0.717, 1.165) is 25.2 Å². The molecule has 170 valence electrons. The SMILES string of the molecule is CCN(CC)Cc1cccc(NC(=O)CCNS(=O)(=O)c2ccc(OC)c(OC)c2)c1. The molecule has 0 aliphatic rings. The van der Waals surface area contributed by atoms with Gasteiger partial charge in [-0.1, -0.05) is 26.0 Å². The second-order valence-corrected chi connectivity index (χ2v) is 8.64. The van der Waals surface area contributed by atoms with Crippen LogP contribution >= 0.6 is 0 Å². The van der Waals surface area contributed by atoms with Crippen LogP contribution in [0.5, 0.6) is 11.5 Å². The Morgan fingerprint density at radius 3 is 2.35 bits per heavy atom. The molecule has 1 amide bonds. The molecule has 0 spiro atoms. The van der Waals surface area contributed by atoms with E-state index in [2.05, 4.69) is 28.8 Å². The van der Waals surface area contributed by atoms with Crippen LogP contribution in [-0.2, 0) is 21.4 Å². The number of sulfonamides is 1. The average molecular weight is 450 g/mol. The van der Waals surface area contributed by atoms with Gasteiger partial charge in [0.15, 0.2) is 11.5 Å². The molecular formula is C22H31N3O5S. The molecule has 2 aromatic carbocycles. The van der Waals surface area contributed by atoms with Gasteiger partial charge in [-0.25, -0.2) is 13.1 Å². The van der Waals surface area contributed by atoms with E-state index in [-0.39, 0.29) is 23.8 Å². The van der Waals surface area contributed by atoms with Gasteiger partial charge in [-0.05, 0) is 42.9 Å². The number of rotatable bonds is 12. The summed E-state index contributed by atoms with van der Waals surface area (Å²) in [5, 5.41) is 2.82. The lowest BCUT2D eigenvalue weighted by atomic mass is 10.2. The summed E-state index contributed by atoms with van der Waals surface area (Å²) in [5.74, 6) is 0.478. The van der Waals surface area contributed by atoms with Gasteiger partial charge >= 0.3 is 0 Å². The Hall–Kier alpha value is -2.62. The first-order valence-electron chi connectivity index (χ1n) is 10.2. The summed E-state index contributed by atoms with van der Waals surface area (Å²) >= 11 is 0. The van der Waals surface area contributed by atoms with E-state index in [1.807, 2.05) is 24.3 Å². The highest BCUT2D eigenvalue weighted by Gasteiger charge is 2.17. The average Bonchev–Trinajstić information content (AvgIpc) is 2.77. The third-order valence-corrected chi connectivity index (χ3v) is 6.28. The molecule has 0 saturated heterocycles. The highest BCUT2D eigenvalue weighted by atomic mass is 32.2. The van der Waals surface area contributed by atoms with E-state index < -0.39 is 10.0 Å². The Balaban J connectivity index is 1.92. The Morgan fingerprint density at radius 2 is 1.71 bits per heavy atom. The lowest BCUT2D eigenvalue weighted by Crippen LogP contribution is -2.28. The molecule has 0 unspecified atom stereocenters. The molecule has 0 radical (unpaired) electrons. The number of hydrogen-bond acceptors (Lipinski definition) is 6. The van der Waals surface area contributed by atoms with Crippen molar-refractivity contribution >= 4 is 21.6 Å². The zero-order valence-electron chi connectivity index (χ0n) is 18.5. The van der Waals surface area contributed by atoms with Crippen molar-refractivity contribution in [3.63, 3.8) is 0 Å². The van der Waals surface area contributed by atoms with Crippen molar-refractivity contribution in [2.45, 2.75) is 31.7 Å². The molecule has 0 fully saturated rings. The van der Waals surface area contributed by atoms with Crippen molar-refractivity contribution in [3.8, 4) is 11.5 Å². The van der Waals surface area contributed by atoms with Gasteiger partial charge in [0.25, 0.3) is 0 Å². The van der Waals surface area contributed by atoms with Gasteiger partial charge in [0.2, 0.25) is 15.9 Å². The minimum Gasteiger partial charge on any atom is -0.493 e. The predicted molar refractivity (Wildman–Crippen MR) is 121 cm³/mol. The Kier molecular flexibility index (Phi) is 9.29. The fourth-order valence-electron chi connectivity index (χ4n) is 3.04. The van der Waals surface area contributed by atoms with Crippen molar-refractivity contribution in [1.82, 2.24) is 9.62 Å². The van der Waals surface area contributed by atoms with Gasteiger partial charge in [-0.15, -0.1) is 0 Å². The molecule has 0 aromatic heterocycles. The van der Waals surface area contributed by atoms with Crippen LogP contribution in [0.2, 0.25) is 0 Å². The fraction of sp³-hybridized carbons (Fsp3) is 0.409. The van der Waals surface area contributed by atoms with Crippen LogP contribution < -0.4 is 19.5 Å². The quantitative estimate of drug-likeness (QED) is 0.517. The molecule has 2 N–H and O–H groups in total. The zero-order chi connectivity index (χ0) is 22.9. The van der Waals surface area contributed by atoms with Crippen molar-refractivity contribution < 1.29 is 22.7 Å². The normalized spacial score (nSPS) is 11.4. The number of nitrogens with zero attached hydrogens (tertiary/aromatic N) is 1. The van der Waals surface area contributed by atoms with Crippen LogP contribution in [0.25, 0.3) is 0 Å². The number of hydrogen-bond donors (Lipinski definition) is 2. The maximum Gasteiger partial charge on any atom is 0.240 e.